The van der Waals surface area contributed by atoms with Gasteiger partial charge in [-0.05, 0) is 12.3 Å². The maximum atomic E-state index is 10.3. The Morgan fingerprint density at radius 3 is 2.30 bits per heavy atom. The molecule has 1 atom stereocenters. The number of hydrogen-bond acceptors (Lipinski definition) is 2. The van der Waals surface area contributed by atoms with Gasteiger partial charge in [0.2, 0.25) is 5.91 Å². The topological polar surface area (TPSA) is 69.1 Å². The molecule has 0 aromatic heterocycles. The average molecular weight is 144 g/mol. The van der Waals surface area contributed by atoms with E-state index in [0.29, 0.717) is 18.8 Å². The number of carbonyl (C=O) groups is 1. The lowest BCUT2D eigenvalue weighted by atomic mass is 10.0. The van der Waals surface area contributed by atoms with Gasteiger partial charge in [0.15, 0.2) is 0 Å². The predicted octanol–water partition coefficient (Wildman–Crippen LogP) is 0.235. The number of rotatable bonds is 4. The third-order valence-electron chi connectivity index (χ3n) is 1.58. The van der Waals surface area contributed by atoms with E-state index in [4.69, 9.17) is 11.5 Å². The van der Waals surface area contributed by atoms with Gasteiger partial charge in [0, 0.05) is 12.5 Å². The van der Waals surface area contributed by atoms with E-state index in [-0.39, 0.29) is 11.9 Å². The summed E-state index contributed by atoms with van der Waals surface area (Å²) in [6.45, 7) is 4.07. The van der Waals surface area contributed by atoms with Crippen molar-refractivity contribution in [3.63, 3.8) is 0 Å². The monoisotopic (exact) mass is 144 g/mol. The molecule has 0 aromatic carbocycles. The molecule has 0 aromatic rings. The molecule has 0 fully saturated rings. The van der Waals surface area contributed by atoms with E-state index in [2.05, 4.69) is 0 Å². The molecule has 0 unspecified atom stereocenters. The van der Waals surface area contributed by atoms with Crippen LogP contribution in [0.15, 0.2) is 0 Å². The zero-order valence-corrected chi connectivity index (χ0v) is 6.63. The molecule has 1 amide bonds. The fourth-order valence-electron chi connectivity index (χ4n) is 0.642. The highest BCUT2D eigenvalue weighted by molar-refractivity contribution is 5.73. The summed E-state index contributed by atoms with van der Waals surface area (Å²) in [4.78, 5) is 10.3. The van der Waals surface area contributed by atoms with Crippen molar-refractivity contribution in [2.75, 3.05) is 0 Å². The Morgan fingerprint density at radius 1 is 1.50 bits per heavy atom. The molecule has 60 valence electrons. The van der Waals surface area contributed by atoms with E-state index in [1.165, 1.54) is 0 Å². The predicted molar refractivity (Wildman–Crippen MR) is 41.2 cm³/mol. The first-order valence-electron chi connectivity index (χ1n) is 3.58. The third-order valence-corrected chi connectivity index (χ3v) is 1.58. The summed E-state index contributed by atoms with van der Waals surface area (Å²) in [5, 5.41) is 0. The van der Waals surface area contributed by atoms with E-state index in [1.807, 2.05) is 13.8 Å². The van der Waals surface area contributed by atoms with Crippen LogP contribution in [0.5, 0.6) is 0 Å². The minimum Gasteiger partial charge on any atom is -0.370 e. The second-order valence-corrected chi connectivity index (χ2v) is 2.91. The highest BCUT2D eigenvalue weighted by Gasteiger charge is 2.07. The number of primary amides is 1. The van der Waals surface area contributed by atoms with Crippen molar-refractivity contribution < 1.29 is 4.79 Å². The van der Waals surface area contributed by atoms with Crippen LogP contribution in [0.4, 0.5) is 0 Å². The number of amides is 1. The van der Waals surface area contributed by atoms with E-state index in [1.54, 1.807) is 0 Å². The second-order valence-electron chi connectivity index (χ2n) is 2.91. The van der Waals surface area contributed by atoms with Gasteiger partial charge in [-0.3, -0.25) is 4.79 Å². The molecule has 0 aliphatic heterocycles. The lowest BCUT2D eigenvalue weighted by Gasteiger charge is -2.13. The summed E-state index contributed by atoms with van der Waals surface area (Å²) in [5.41, 5.74) is 10.6. The van der Waals surface area contributed by atoms with Crippen LogP contribution in [-0.2, 0) is 4.79 Å². The molecule has 0 saturated heterocycles. The molecule has 0 bridgehead atoms. The van der Waals surface area contributed by atoms with Gasteiger partial charge in [-0.1, -0.05) is 13.8 Å². The highest BCUT2D eigenvalue weighted by atomic mass is 16.1. The lowest BCUT2D eigenvalue weighted by Crippen LogP contribution is -2.28. The number of carbonyl (C=O) groups excluding carboxylic acids is 1. The minimum atomic E-state index is -0.267. The van der Waals surface area contributed by atoms with Gasteiger partial charge in [0.05, 0.1) is 0 Å². The zero-order valence-electron chi connectivity index (χ0n) is 6.63. The van der Waals surface area contributed by atoms with Gasteiger partial charge in [-0.15, -0.1) is 0 Å². The molecular weight excluding hydrogens is 128 g/mol. The van der Waals surface area contributed by atoms with E-state index in [9.17, 15) is 4.79 Å². The molecule has 0 saturated carbocycles. The normalized spacial score (nSPS) is 13.6. The lowest BCUT2D eigenvalue weighted by molar-refractivity contribution is -0.118. The number of hydrogen-bond donors (Lipinski definition) is 2. The maximum absolute atomic E-state index is 10.3. The summed E-state index contributed by atoms with van der Waals surface area (Å²) < 4.78 is 0. The van der Waals surface area contributed by atoms with Crippen LogP contribution in [0.1, 0.15) is 26.7 Å². The Hall–Kier alpha value is -0.570. The molecule has 10 heavy (non-hydrogen) atoms. The summed E-state index contributed by atoms with van der Waals surface area (Å²) in [7, 11) is 0. The van der Waals surface area contributed by atoms with Crippen LogP contribution in [0.3, 0.4) is 0 Å². The number of nitrogens with two attached hydrogens (primary N) is 2. The van der Waals surface area contributed by atoms with E-state index < -0.39 is 0 Å². The molecule has 4 N–H and O–H groups in total. The van der Waals surface area contributed by atoms with Crippen molar-refractivity contribution in [2.24, 2.45) is 17.4 Å². The van der Waals surface area contributed by atoms with Crippen LogP contribution >= 0.6 is 0 Å². The largest absolute Gasteiger partial charge is 0.370 e. The Kier molecular flexibility index (Phi) is 4.03. The highest BCUT2D eigenvalue weighted by Crippen LogP contribution is 2.04. The van der Waals surface area contributed by atoms with Gasteiger partial charge >= 0.3 is 0 Å². The van der Waals surface area contributed by atoms with Crippen LogP contribution in [0, 0.1) is 5.92 Å². The molecule has 3 heteroatoms. The molecule has 0 radical (unpaired) electrons. The van der Waals surface area contributed by atoms with Crippen LogP contribution < -0.4 is 11.5 Å². The molecular formula is C7H16N2O. The van der Waals surface area contributed by atoms with Gasteiger partial charge < -0.3 is 11.5 Å². The van der Waals surface area contributed by atoms with Crippen molar-refractivity contribution in [2.45, 2.75) is 32.7 Å². The summed E-state index contributed by atoms with van der Waals surface area (Å²) in [6, 6.07) is 0.104. The molecule has 3 nitrogen and oxygen atoms in total. The third kappa shape index (κ3) is 4.32. The van der Waals surface area contributed by atoms with Gasteiger partial charge in [0.1, 0.15) is 0 Å². The average Bonchev–Trinajstić information content (AvgIpc) is 1.82. The van der Waals surface area contributed by atoms with Gasteiger partial charge in [-0.2, -0.15) is 0 Å². The molecule has 0 spiro atoms. The SMILES string of the molecule is CC(C)[C@@H](N)CCC(N)=O. The Morgan fingerprint density at radius 2 is 2.00 bits per heavy atom. The Bertz CT molecular complexity index is 112. The Balaban J connectivity index is 3.39. The van der Waals surface area contributed by atoms with Crippen molar-refractivity contribution in [1.82, 2.24) is 0 Å². The van der Waals surface area contributed by atoms with Gasteiger partial charge in [0.25, 0.3) is 0 Å². The molecule has 0 rings (SSSR count). The van der Waals surface area contributed by atoms with E-state index >= 15 is 0 Å². The van der Waals surface area contributed by atoms with Crippen molar-refractivity contribution in [1.29, 1.82) is 0 Å². The van der Waals surface area contributed by atoms with Crippen LogP contribution in [0.2, 0.25) is 0 Å². The molecule has 0 aliphatic rings. The first kappa shape index (κ1) is 9.43. The first-order valence-corrected chi connectivity index (χ1v) is 3.58. The van der Waals surface area contributed by atoms with E-state index in [0.717, 1.165) is 0 Å². The summed E-state index contributed by atoms with van der Waals surface area (Å²) in [6.07, 6.45) is 1.10. The molecule has 0 heterocycles. The maximum Gasteiger partial charge on any atom is 0.217 e. The van der Waals surface area contributed by atoms with Crippen molar-refractivity contribution >= 4 is 5.91 Å². The van der Waals surface area contributed by atoms with Crippen molar-refractivity contribution in [3.05, 3.63) is 0 Å². The zero-order chi connectivity index (χ0) is 8.15. The quantitative estimate of drug-likeness (QED) is 0.593. The summed E-state index contributed by atoms with van der Waals surface area (Å²) in [5.74, 6) is 0.162. The van der Waals surface area contributed by atoms with Crippen LogP contribution in [-0.4, -0.2) is 11.9 Å². The van der Waals surface area contributed by atoms with Crippen molar-refractivity contribution in [3.8, 4) is 0 Å². The minimum absolute atomic E-state index is 0.104. The second kappa shape index (κ2) is 4.28. The Labute approximate surface area is 61.8 Å². The van der Waals surface area contributed by atoms with Gasteiger partial charge in [-0.25, -0.2) is 0 Å². The standard InChI is InChI=1S/C7H16N2O/c1-5(2)6(8)3-4-7(9)10/h5-6H,3-4,8H2,1-2H3,(H2,9,10)/t6-/m0/s1. The fraction of sp³-hybridized carbons (Fsp3) is 0.857. The first-order chi connectivity index (χ1) is 4.54. The fourth-order valence-corrected chi connectivity index (χ4v) is 0.642. The van der Waals surface area contributed by atoms with Crippen LogP contribution in [0.25, 0.3) is 0 Å². The summed E-state index contributed by atoms with van der Waals surface area (Å²) >= 11 is 0. The smallest absolute Gasteiger partial charge is 0.217 e. The molecule has 0 aliphatic carbocycles.